The first kappa shape index (κ1) is 26.2. The molecule has 3 aromatic carbocycles. The van der Waals surface area contributed by atoms with Crippen LogP contribution in [0.4, 0.5) is 5.69 Å². The van der Waals surface area contributed by atoms with Crippen LogP contribution in [0.25, 0.3) is 21.9 Å². The van der Waals surface area contributed by atoms with Gasteiger partial charge in [0.2, 0.25) is 11.8 Å². The van der Waals surface area contributed by atoms with Gasteiger partial charge < -0.3 is 14.5 Å². The lowest BCUT2D eigenvalue weighted by molar-refractivity contribution is -0.148. The number of aromatic amines is 1. The quantitative estimate of drug-likeness (QED) is 0.224. The van der Waals surface area contributed by atoms with Crippen LogP contribution < -0.4 is 10.2 Å². The Morgan fingerprint density at radius 1 is 0.929 bits per heavy atom. The number of carbonyl (C=O) groups excluding carboxylic acids is 2. The second-order valence-electron chi connectivity index (χ2n) is 11.3. The third-order valence-electron chi connectivity index (χ3n) is 9.12. The standard InChI is InChI=1S/C34H31N3O5/c1-3-19-11-9-12-20(4-2)30(19)37-31(38)27-28(32(37)39)34(33(40)41,17-22-18-35-24-14-7-6-13-23(22)24)36-29(27)26-16-21-10-5-8-15-25(21)42-26/h5-16,18,27-29,35-36H,3-4,17H2,1-2H3,(H,40,41). The number of hydrogen-bond acceptors (Lipinski definition) is 5. The number of nitrogens with one attached hydrogen (secondary N) is 2. The van der Waals surface area contributed by atoms with E-state index in [1.807, 2.05) is 86.6 Å². The van der Waals surface area contributed by atoms with Gasteiger partial charge in [0.15, 0.2) is 0 Å². The van der Waals surface area contributed by atoms with E-state index in [1.165, 1.54) is 4.90 Å². The topological polar surface area (TPSA) is 116 Å². The molecule has 8 heteroatoms. The number of carboxylic acids is 1. The van der Waals surface area contributed by atoms with Crippen molar-refractivity contribution in [2.45, 2.75) is 44.7 Å². The number of carboxylic acid groups (broad SMARTS) is 1. The summed E-state index contributed by atoms with van der Waals surface area (Å²) in [5.41, 5.74) is 2.84. The van der Waals surface area contributed by atoms with Crippen molar-refractivity contribution in [2.24, 2.45) is 11.8 Å². The van der Waals surface area contributed by atoms with Gasteiger partial charge in [0, 0.05) is 28.9 Å². The van der Waals surface area contributed by atoms with Gasteiger partial charge in [-0.15, -0.1) is 0 Å². The third-order valence-corrected chi connectivity index (χ3v) is 9.12. The Kier molecular flexibility index (Phi) is 6.06. The van der Waals surface area contributed by atoms with Gasteiger partial charge in [-0.25, -0.2) is 4.90 Å². The Bertz CT molecular complexity index is 1830. The minimum Gasteiger partial charge on any atom is -0.480 e. The van der Waals surface area contributed by atoms with Crippen LogP contribution in [-0.4, -0.2) is 33.4 Å². The molecule has 0 bridgehead atoms. The number of aliphatic carboxylic acids is 1. The molecule has 4 atom stereocenters. The number of carbonyl (C=O) groups is 3. The first-order chi connectivity index (χ1) is 20.4. The smallest absolute Gasteiger partial charge is 0.325 e. The molecule has 0 saturated carbocycles. The van der Waals surface area contributed by atoms with Gasteiger partial charge in [-0.05, 0) is 47.7 Å². The molecule has 2 saturated heterocycles. The molecule has 0 aliphatic carbocycles. The van der Waals surface area contributed by atoms with Crippen molar-refractivity contribution in [1.82, 2.24) is 10.3 Å². The molecule has 42 heavy (non-hydrogen) atoms. The number of hydrogen-bond donors (Lipinski definition) is 3. The van der Waals surface area contributed by atoms with E-state index in [-0.39, 0.29) is 6.42 Å². The molecular formula is C34H31N3O5. The second kappa shape index (κ2) is 9.70. The summed E-state index contributed by atoms with van der Waals surface area (Å²) in [4.78, 5) is 47.0. The van der Waals surface area contributed by atoms with Gasteiger partial charge in [-0.2, -0.15) is 0 Å². The van der Waals surface area contributed by atoms with Crippen LogP contribution in [0.2, 0.25) is 0 Å². The van der Waals surface area contributed by atoms with Crippen molar-refractivity contribution in [3.63, 3.8) is 0 Å². The highest BCUT2D eigenvalue weighted by molar-refractivity contribution is 6.25. The van der Waals surface area contributed by atoms with Crippen LogP contribution in [0, 0.1) is 11.8 Å². The molecular weight excluding hydrogens is 530 g/mol. The lowest BCUT2D eigenvalue weighted by Gasteiger charge is -2.31. The summed E-state index contributed by atoms with van der Waals surface area (Å²) in [6, 6.07) is 22.0. The SMILES string of the molecule is CCc1cccc(CC)c1N1C(=O)C2C(c3cc4ccccc4o3)NC(Cc3c[nH]c4ccccc34)(C(=O)O)C2C1=O. The third kappa shape index (κ3) is 3.68. The van der Waals surface area contributed by atoms with E-state index in [0.29, 0.717) is 29.9 Å². The van der Waals surface area contributed by atoms with E-state index in [2.05, 4.69) is 10.3 Å². The fourth-order valence-corrected chi connectivity index (χ4v) is 7.14. The summed E-state index contributed by atoms with van der Waals surface area (Å²) in [7, 11) is 0. The number of para-hydroxylation sites is 3. The van der Waals surface area contributed by atoms with E-state index >= 15 is 0 Å². The summed E-state index contributed by atoms with van der Waals surface area (Å²) in [6.07, 6.45) is 3.05. The number of rotatable bonds is 7. The molecule has 8 nitrogen and oxygen atoms in total. The van der Waals surface area contributed by atoms with Crippen LogP contribution in [0.5, 0.6) is 0 Å². The van der Waals surface area contributed by atoms with E-state index in [4.69, 9.17) is 4.42 Å². The van der Waals surface area contributed by atoms with Gasteiger partial charge in [-0.1, -0.05) is 68.4 Å². The molecule has 3 N–H and O–H groups in total. The number of H-pyrrole nitrogens is 1. The zero-order chi connectivity index (χ0) is 29.2. The number of anilines is 1. The predicted molar refractivity (Wildman–Crippen MR) is 159 cm³/mol. The molecule has 2 aliphatic rings. The molecule has 2 fully saturated rings. The number of furan rings is 1. The molecule has 0 spiro atoms. The Morgan fingerprint density at radius 3 is 2.36 bits per heavy atom. The maximum Gasteiger partial charge on any atom is 0.325 e. The highest BCUT2D eigenvalue weighted by Crippen LogP contribution is 2.52. The van der Waals surface area contributed by atoms with Crippen LogP contribution in [0.15, 0.2) is 83.4 Å². The minimum atomic E-state index is -1.76. The van der Waals surface area contributed by atoms with Gasteiger partial charge in [-0.3, -0.25) is 19.7 Å². The molecule has 2 aromatic heterocycles. The highest BCUT2D eigenvalue weighted by atomic mass is 16.4. The lowest BCUT2D eigenvalue weighted by Crippen LogP contribution is -2.57. The monoisotopic (exact) mass is 561 g/mol. The molecule has 212 valence electrons. The fourth-order valence-electron chi connectivity index (χ4n) is 7.14. The number of benzene rings is 3. The number of fused-ring (bicyclic) bond motifs is 3. The maximum absolute atomic E-state index is 14.6. The zero-order valence-electron chi connectivity index (χ0n) is 23.4. The van der Waals surface area contributed by atoms with Gasteiger partial charge in [0.25, 0.3) is 0 Å². The molecule has 0 radical (unpaired) electrons. The fraction of sp³-hybridized carbons (Fsp3) is 0.265. The van der Waals surface area contributed by atoms with Gasteiger partial charge in [0.1, 0.15) is 16.9 Å². The molecule has 2 amide bonds. The number of aromatic nitrogens is 1. The van der Waals surface area contributed by atoms with E-state index < -0.39 is 41.2 Å². The van der Waals surface area contributed by atoms with Gasteiger partial charge >= 0.3 is 5.97 Å². The molecule has 4 heterocycles. The van der Waals surface area contributed by atoms with Crippen LogP contribution in [0.1, 0.15) is 42.3 Å². The van der Waals surface area contributed by atoms with E-state index in [0.717, 1.165) is 33.0 Å². The number of nitrogens with zero attached hydrogens (tertiary/aromatic N) is 1. The summed E-state index contributed by atoms with van der Waals surface area (Å²) < 4.78 is 6.21. The van der Waals surface area contributed by atoms with Crippen molar-refractivity contribution >= 4 is 45.3 Å². The molecule has 7 rings (SSSR count). The molecule has 4 unspecified atom stereocenters. The summed E-state index contributed by atoms with van der Waals surface area (Å²) in [6.45, 7) is 3.98. The van der Waals surface area contributed by atoms with E-state index in [9.17, 15) is 19.5 Å². The first-order valence-electron chi connectivity index (χ1n) is 14.4. The summed E-state index contributed by atoms with van der Waals surface area (Å²) >= 11 is 0. The Balaban J connectivity index is 1.42. The van der Waals surface area contributed by atoms with Crippen molar-refractivity contribution in [1.29, 1.82) is 0 Å². The van der Waals surface area contributed by atoms with Crippen LogP contribution >= 0.6 is 0 Å². The first-order valence-corrected chi connectivity index (χ1v) is 14.4. The minimum absolute atomic E-state index is 0.00710. The van der Waals surface area contributed by atoms with Crippen molar-refractivity contribution < 1.29 is 23.9 Å². The Morgan fingerprint density at radius 2 is 1.64 bits per heavy atom. The Hall–Kier alpha value is -4.69. The second-order valence-corrected chi connectivity index (χ2v) is 11.3. The zero-order valence-corrected chi connectivity index (χ0v) is 23.4. The maximum atomic E-state index is 14.6. The molecule has 5 aromatic rings. The number of amides is 2. The average Bonchev–Trinajstić information content (AvgIpc) is 3.76. The normalized spacial score (nSPS) is 23.8. The van der Waals surface area contributed by atoms with Crippen LogP contribution in [0.3, 0.4) is 0 Å². The lowest BCUT2D eigenvalue weighted by atomic mass is 9.76. The molecule has 2 aliphatic heterocycles. The Labute approximate surface area is 242 Å². The van der Waals surface area contributed by atoms with Gasteiger partial charge in [0.05, 0.1) is 23.6 Å². The highest BCUT2D eigenvalue weighted by Gasteiger charge is 2.69. The van der Waals surface area contributed by atoms with E-state index in [1.54, 1.807) is 6.20 Å². The average molecular weight is 562 g/mol. The van der Waals surface area contributed by atoms with Crippen molar-refractivity contribution in [2.75, 3.05) is 4.90 Å². The van der Waals surface area contributed by atoms with Crippen LogP contribution in [-0.2, 0) is 33.6 Å². The van der Waals surface area contributed by atoms with Crippen molar-refractivity contribution in [3.8, 4) is 0 Å². The summed E-state index contributed by atoms with van der Waals surface area (Å²) in [5.74, 6) is -3.74. The number of aryl methyl sites for hydroxylation is 2. The van der Waals surface area contributed by atoms with Crippen molar-refractivity contribution in [3.05, 3.63) is 101 Å². The number of imide groups is 1. The summed E-state index contributed by atoms with van der Waals surface area (Å²) in [5, 5.41) is 16.0. The largest absolute Gasteiger partial charge is 0.480 e. The predicted octanol–water partition coefficient (Wildman–Crippen LogP) is 5.56.